The van der Waals surface area contributed by atoms with E-state index >= 15 is 0 Å². The molecule has 0 aliphatic carbocycles. The van der Waals surface area contributed by atoms with Gasteiger partial charge in [0.15, 0.2) is 6.61 Å². The van der Waals surface area contributed by atoms with Crippen LogP contribution in [0.15, 0.2) is 12.7 Å². The van der Waals surface area contributed by atoms with Gasteiger partial charge in [-0.15, -0.1) is 0 Å². The Bertz CT molecular complexity index is 306. The quantitative estimate of drug-likeness (QED) is 0.343. The molecule has 0 radical (unpaired) electrons. The summed E-state index contributed by atoms with van der Waals surface area (Å²) in [6, 6.07) is 0. The van der Waals surface area contributed by atoms with Crippen molar-refractivity contribution in [1.29, 1.82) is 0 Å². The van der Waals surface area contributed by atoms with Gasteiger partial charge in [-0.1, -0.05) is 12.7 Å². The van der Waals surface area contributed by atoms with Crippen LogP contribution in [0.2, 0.25) is 0 Å². The van der Waals surface area contributed by atoms with Gasteiger partial charge in [0.25, 0.3) is 0 Å². The minimum Gasteiger partial charge on any atom is -0.430 e. The number of carbonyl (C=O) groups is 1. The molecule has 1 aliphatic rings. The molecule has 4 N–H and O–H groups in total. The van der Waals surface area contributed by atoms with E-state index in [4.69, 9.17) is 4.74 Å². The zero-order valence-corrected chi connectivity index (χ0v) is 9.56. The van der Waals surface area contributed by atoms with Gasteiger partial charge in [-0.25, -0.2) is 4.79 Å². The van der Waals surface area contributed by atoms with Gasteiger partial charge < -0.3 is 34.6 Å². The van der Waals surface area contributed by atoms with Crippen LogP contribution < -0.4 is 0 Å². The Balaban J connectivity index is 2.49. The number of hydrogen-bond donors (Lipinski definition) is 4. The van der Waals surface area contributed by atoms with Crippen molar-refractivity contribution in [2.24, 2.45) is 0 Å². The van der Waals surface area contributed by atoms with Gasteiger partial charge in [0, 0.05) is 0 Å². The number of rotatable bonds is 4. The molecule has 0 spiro atoms. The van der Waals surface area contributed by atoms with E-state index in [9.17, 15) is 25.2 Å². The number of aliphatic hydroxyl groups excluding tert-OH is 3. The second-order valence-electron chi connectivity index (χ2n) is 3.80. The van der Waals surface area contributed by atoms with Crippen LogP contribution in [0, 0.1) is 0 Å². The standard InChI is InChI=1S/C10H16O8/c1-2-3-16-9(14)17-5-10(15)8(13)7(12)6(11)4-18-10/h2,6-8,11-13,15H,1,3-5H2/t6-,7+,8-,10+/m1/s1. The second kappa shape index (κ2) is 6.12. The zero-order chi connectivity index (χ0) is 13.8. The van der Waals surface area contributed by atoms with Crippen LogP contribution in [0.25, 0.3) is 0 Å². The third-order valence-electron chi connectivity index (χ3n) is 2.40. The van der Waals surface area contributed by atoms with E-state index in [2.05, 4.69) is 16.1 Å². The highest BCUT2D eigenvalue weighted by atomic mass is 16.7. The molecule has 0 saturated carbocycles. The van der Waals surface area contributed by atoms with E-state index in [0.717, 1.165) is 0 Å². The number of hydrogen-bond acceptors (Lipinski definition) is 8. The van der Waals surface area contributed by atoms with Crippen molar-refractivity contribution in [3.63, 3.8) is 0 Å². The fourth-order valence-corrected chi connectivity index (χ4v) is 1.35. The average molecular weight is 264 g/mol. The summed E-state index contributed by atoms with van der Waals surface area (Å²) in [7, 11) is 0. The topological polar surface area (TPSA) is 126 Å². The Morgan fingerprint density at radius 3 is 2.72 bits per heavy atom. The molecule has 104 valence electrons. The summed E-state index contributed by atoms with van der Waals surface area (Å²) in [5, 5.41) is 37.9. The lowest BCUT2D eigenvalue weighted by atomic mass is 9.97. The molecule has 1 fully saturated rings. The summed E-state index contributed by atoms with van der Waals surface area (Å²) < 4.78 is 13.7. The van der Waals surface area contributed by atoms with Crippen molar-refractivity contribution < 1.29 is 39.4 Å². The first-order valence-corrected chi connectivity index (χ1v) is 5.21. The minimum absolute atomic E-state index is 0.0674. The Hall–Kier alpha value is -1.19. The molecule has 1 heterocycles. The summed E-state index contributed by atoms with van der Waals surface area (Å²) in [6.45, 7) is 2.11. The van der Waals surface area contributed by atoms with Gasteiger partial charge in [0.05, 0.1) is 6.61 Å². The maximum Gasteiger partial charge on any atom is 0.508 e. The van der Waals surface area contributed by atoms with E-state index in [1.165, 1.54) is 6.08 Å². The normalized spacial score (nSPS) is 35.9. The number of ether oxygens (including phenoxy) is 3. The van der Waals surface area contributed by atoms with Crippen LogP contribution in [-0.4, -0.2) is 70.5 Å². The Kier molecular flexibility index (Phi) is 5.05. The number of aliphatic hydroxyl groups is 4. The van der Waals surface area contributed by atoms with Gasteiger partial charge >= 0.3 is 6.16 Å². The van der Waals surface area contributed by atoms with Crippen LogP contribution in [0.3, 0.4) is 0 Å². The fraction of sp³-hybridized carbons (Fsp3) is 0.700. The Labute approximate surface area is 103 Å². The third-order valence-corrected chi connectivity index (χ3v) is 2.40. The molecule has 0 aromatic rings. The van der Waals surface area contributed by atoms with Crippen molar-refractivity contribution in [2.75, 3.05) is 19.8 Å². The van der Waals surface area contributed by atoms with E-state index < -0.39 is 43.5 Å². The van der Waals surface area contributed by atoms with E-state index in [-0.39, 0.29) is 6.61 Å². The average Bonchev–Trinajstić information content (AvgIpc) is 2.36. The van der Waals surface area contributed by atoms with Crippen molar-refractivity contribution in [2.45, 2.75) is 24.1 Å². The predicted octanol–water partition coefficient (Wildman–Crippen LogP) is -1.87. The molecular formula is C10H16O8. The van der Waals surface area contributed by atoms with Crippen molar-refractivity contribution in [1.82, 2.24) is 0 Å². The van der Waals surface area contributed by atoms with Gasteiger partial charge in [0.2, 0.25) is 5.79 Å². The van der Waals surface area contributed by atoms with Crippen molar-refractivity contribution in [3.8, 4) is 0 Å². The van der Waals surface area contributed by atoms with Crippen LogP contribution in [0.1, 0.15) is 0 Å². The molecule has 1 aliphatic heterocycles. The molecule has 1 rings (SSSR count). The highest BCUT2D eigenvalue weighted by Gasteiger charge is 2.49. The molecule has 8 nitrogen and oxygen atoms in total. The van der Waals surface area contributed by atoms with Crippen LogP contribution in [-0.2, 0) is 14.2 Å². The van der Waals surface area contributed by atoms with Crippen LogP contribution in [0.4, 0.5) is 4.79 Å². The lowest BCUT2D eigenvalue weighted by Crippen LogP contribution is -2.63. The third kappa shape index (κ3) is 3.40. The van der Waals surface area contributed by atoms with Crippen LogP contribution in [0.5, 0.6) is 0 Å². The molecule has 0 unspecified atom stereocenters. The van der Waals surface area contributed by atoms with Crippen molar-refractivity contribution >= 4 is 6.16 Å². The van der Waals surface area contributed by atoms with Gasteiger partial charge in [-0.05, 0) is 0 Å². The first kappa shape index (κ1) is 14.9. The number of carbonyl (C=O) groups excluding carboxylic acids is 1. The van der Waals surface area contributed by atoms with Gasteiger partial charge in [-0.3, -0.25) is 0 Å². The monoisotopic (exact) mass is 264 g/mol. The molecule has 8 heteroatoms. The molecular weight excluding hydrogens is 248 g/mol. The summed E-state index contributed by atoms with van der Waals surface area (Å²) in [5.41, 5.74) is 0. The highest BCUT2D eigenvalue weighted by Crippen LogP contribution is 2.24. The van der Waals surface area contributed by atoms with E-state index in [1.54, 1.807) is 0 Å². The predicted molar refractivity (Wildman–Crippen MR) is 56.4 cm³/mol. The lowest BCUT2D eigenvalue weighted by molar-refractivity contribution is -0.331. The first-order chi connectivity index (χ1) is 8.40. The molecule has 0 amide bonds. The lowest BCUT2D eigenvalue weighted by Gasteiger charge is -2.40. The van der Waals surface area contributed by atoms with Gasteiger partial charge in [-0.2, -0.15) is 0 Å². The molecule has 0 aromatic carbocycles. The summed E-state index contributed by atoms with van der Waals surface area (Å²) in [4.78, 5) is 11.0. The maximum atomic E-state index is 11.0. The molecule has 0 aromatic heterocycles. The fourth-order valence-electron chi connectivity index (χ4n) is 1.35. The maximum absolute atomic E-state index is 11.0. The second-order valence-corrected chi connectivity index (χ2v) is 3.80. The summed E-state index contributed by atoms with van der Waals surface area (Å²) in [5.74, 6) is -2.29. The Morgan fingerprint density at radius 2 is 2.11 bits per heavy atom. The highest BCUT2D eigenvalue weighted by molar-refractivity contribution is 5.60. The molecule has 1 saturated heterocycles. The summed E-state index contributed by atoms with van der Waals surface area (Å²) >= 11 is 0. The van der Waals surface area contributed by atoms with Crippen LogP contribution >= 0.6 is 0 Å². The molecule has 4 atom stereocenters. The zero-order valence-electron chi connectivity index (χ0n) is 9.56. The summed E-state index contributed by atoms with van der Waals surface area (Å²) in [6.07, 6.45) is -4.50. The largest absolute Gasteiger partial charge is 0.508 e. The van der Waals surface area contributed by atoms with E-state index in [0.29, 0.717) is 0 Å². The smallest absolute Gasteiger partial charge is 0.430 e. The van der Waals surface area contributed by atoms with Gasteiger partial charge in [0.1, 0.15) is 24.9 Å². The Morgan fingerprint density at radius 1 is 1.44 bits per heavy atom. The first-order valence-electron chi connectivity index (χ1n) is 5.21. The minimum atomic E-state index is -2.29. The SMILES string of the molecule is C=CCOC(=O)OC[C@]1(O)OC[C@@H](O)[C@H](O)[C@H]1O. The van der Waals surface area contributed by atoms with Crippen molar-refractivity contribution in [3.05, 3.63) is 12.7 Å². The van der Waals surface area contributed by atoms with E-state index in [1.807, 2.05) is 0 Å². The molecule has 0 bridgehead atoms. The molecule has 18 heavy (non-hydrogen) atoms.